The molecule has 1 aromatic heterocycles. The van der Waals surface area contributed by atoms with Crippen LogP contribution in [0.15, 0.2) is 24.5 Å². The minimum absolute atomic E-state index is 0.0239. The molecule has 24 heavy (non-hydrogen) atoms. The Balaban J connectivity index is 1.54. The maximum Gasteiger partial charge on any atom is 0.278 e. The fourth-order valence-electron chi connectivity index (χ4n) is 5.51. The molecule has 0 unspecified atom stereocenters. The molecule has 0 amide bonds. The fourth-order valence-corrected chi connectivity index (χ4v) is 6.77. The summed E-state index contributed by atoms with van der Waals surface area (Å²) in [5.74, 6) is 0.803. The van der Waals surface area contributed by atoms with E-state index < -0.39 is 26.1 Å². The molecule has 4 aliphatic carbocycles. The van der Waals surface area contributed by atoms with E-state index in [1.165, 1.54) is 43.8 Å². The van der Waals surface area contributed by atoms with Crippen molar-refractivity contribution in [1.82, 2.24) is 4.98 Å². The SMILES string of the molecule is O=C(CS(=O)(=O)C(=O)c1cccnc1)C12CC3CC(CC(C3)C1)C2. The molecule has 0 radical (unpaired) electrons. The summed E-state index contributed by atoms with van der Waals surface area (Å²) >= 11 is 0. The highest BCUT2D eigenvalue weighted by molar-refractivity contribution is 8.07. The van der Waals surface area contributed by atoms with Gasteiger partial charge < -0.3 is 0 Å². The average Bonchev–Trinajstić information content (AvgIpc) is 2.53. The fraction of sp³-hybridized carbons (Fsp3) is 0.611. The molecule has 0 N–H and O–H groups in total. The Labute approximate surface area is 141 Å². The summed E-state index contributed by atoms with van der Waals surface area (Å²) in [6.07, 6.45) is 8.71. The molecule has 6 heteroatoms. The summed E-state index contributed by atoms with van der Waals surface area (Å²) in [5.41, 5.74) is -0.465. The van der Waals surface area contributed by atoms with E-state index >= 15 is 0 Å². The van der Waals surface area contributed by atoms with Gasteiger partial charge in [0.1, 0.15) is 5.75 Å². The lowest BCUT2D eigenvalue weighted by atomic mass is 9.48. The number of Topliss-reactive ketones (excluding diaryl/α,β-unsaturated/α-hetero) is 1. The summed E-state index contributed by atoms with van der Waals surface area (Å²) in [5, 5.41) is -0.992. The Morgan fingerprint density at radius 1 is 1.08 bits per heavy atom. The van der Waals surface area contributed by atoms with Gasteiger partial charge in [-0.05, 0) is 68.4 Å². The number of rotatable bonds is 4. The number of carbonyl (C=O) groups is 2. The Hall–Kier alpha value is -1.56. The van der Waals surface area contributed by atoms with Crippen molar-refractivity contribution in [2.75, 3.05) is 5.75 Å². The van der Waals surface area contributed by atoms with Crippen LogP contribution in [0.5, 0.6) is 0 Å². The van der Waals surface area contributed by atoms with Crippen LogP contribution >= 0.6 is 0 Å². The van der Waals surface area contributed by atoms with Crippen molar-refractivity contribution >= 4 is 20.7 Å². The molecule has 0 saturated heterocycles. The molecule has 0 spiro atoms. The second kappa shape index (κ2) is 5.48. The largest absolute Gasteiger partial charge is 0.298 e. The van der Waals surface area contributed by atoms with Crippen LogP contribution in [0.25, 0.3) is 0 Å². The molecular formula is C18H21NO4S. The van der Waals surface area contributed by atoms with E-state index in [-0.39, 0.29) is 11.3 Å². The van der Waals surface area contributed by atoms with Crippen LogP contribution < -0.4 is 0 Å². The van der Waals surface area contributed by atoms with Crippen molar-refractivity contribution in [3.63, 3.8) is 0 Å². The van der Waals surface area contributed by atoms with Crippen molar-refractivity contribution in [3.8, 4) is 0 Å². The zero-order valence-corrected chi connectivity index (χ0v) is 14.3. The summed E-state index contributed by atoms with van der Waals surface area (Å²) < 4.78 is 24.9. The molecule has 1 aromatic rings. The van der Waals surface area contributed by atoms with Crippen LogP contribution in [0.3, 0.4) is 0 Å². The minimum atomic E-state index is -4.13. The van der Waals surface area contributed by atoms with Gasteiger partial charge in [-0.1, -0.05) is 0 Å². The van der Waals surface area contributed by atoms with Crippen molar-refractivity contribution in [1.29, 1.82) is 0 Å². The van der Waals surface area contributed by atoms with Gasteiger partial charge in [0.2, 0.25) is 9.84 Å². The Kier molecular flexibility index (Phi) is 3.64. The molecule has 128 valence electrons. The molecule has 5 nitrogen and oxygen atoms in total. The highest BCUT2D eigenvalue weighted by Crippen LogP contribution is 2.60. The smallest absolute Gasteiger partial charge is 0.278 e. The van der Waals surface area contributed by atoms with Gasteiger partial charge in [0, 0.05) is 17.8 Å². The lowest BCUT2D eigenvalue weighted by Gasteiger charge is -2.55. The van der Waals surface area contributed by atoms with Crippen molar-refractivity contribution < 1.29 is 18.0 Å². The third-order valence-electron chi connectivity index (χ3n) is 6.13. The van der Waals surface area contributed by atoms with Gasteiger partial charge in [0.05, 0.1) is 5.56 Å². The first-order valence-corrected chi connectivity index (χ1v) is 10.2. The first-order chi connectivity index (χ1) is 11.4. The maximum atomic E-state index is 12.9. The van der Waals surface area contributed by atoms with Gasteiger partial charge in [0.15, 0.2) is 5.78 Å². The number of nitrogens with zero attached hydrogens (tertiary/aromatic N) is 1. The number of hydrogen-bond donors (Lipinski definition) is 0. The van der Waals surface area contributed by atoms with Crippen LogP contribution in [-0.4, -0.2) is 30.1 Å². The lowest BCUT2D eigenvalue weighted by molar-refractivity contribution is -0.141. The second-order valence-electron chi connectivity index (χ2n) is 7.91. The Morgan fingerprint density at radius 2 is 1.67 bits per heavy atom. The van der Waals surface area contributed by atoms with E-state index in [2.05, 4.69) is 4.98 Å². The predicted molar refractivity (Wildman–Crippen MR) is 88.0 cm³/mol. The van der Waals surface area contributed by atoms with E-state index in [9.17, 15) is 18.0 Å². The normalized spacial score (nSPS) is 34.2. The standard InChI is InChI=1S/C18H21NO4S/c20-16(11-24(22,23)17(21)15-2-1-3-19-10-15)18-7-12-4-13(8-18)6-14(5-12)9-18/h1-3,10,12-14H,4-9,11H2. The number of pyridine rings is 1. The molecule has 4 bridgehead atoms. The van der Waals surface area contributed by atoms with Crippen molar-refractivity contribution in [2.24, 2.45) is 23.2 Å². The topological polar surface area (TPSA) is 81.2 Å². The monoisotopic (exact) mass is 347 g/mol. The van der Waals surface area contributed by atoms with Crippen molar-refractivity contribution in [2.45, 2.75) is 38.5 Å². The number of ketones is 1. The number of carbonyl (C=O) groups excluding carboxylic acids is 2. The predicted octanol–water partition coefficient (Wildman–Crippen LogP) is 2.42. The van der Waals surface area contributed by atoms with E-state index in [0.29, 0.717) is 17.8 Å². The first kappa shape index (κ1) is 15.9. The Bertz CT molecular complexity index is 749. The minimum Gasteiger partial charge on any atom is -0.298 e. The van der Waals surface area contributed by atoms with Crippen LogP contribution in [0.1, 0.15) is 48.9 Å². The number of aromatic nitrogens is 1. The number of sulfone groups is 1. The van der Waals surface area contributed by atoms with Crippen LogP contribution in [0.4, 0.5) is 0 Å². The van der Waals surface area contributed by atoms with E-state index in [4.69, 9.17) is 0 Å². The molecule has 0 aromatic carbocycles. The Morgan fingerprint density at radius 3 is 2.17 bits per heavy atom. The summed E-state index contributed by atoms with van der Waals surface area (Å²) in [7, 11) is -4.13. The highest BCUT2D eigenvalue weighted by Gasteiger charge is 2.55. The molecule has 0 atom stereocenters. The maximum absolute atomic E-state index is 12.9. The van der Waals surface area contributed by atoms with Crippen LogP contribution in [-0.2, 0) is 14.6 Å². The van der Waals surface area contributed by atoms with Gasteiger partial charge >= 0.3 is 0 Å². The van der Waals surface area contributed by atoms with Gasteiger partial charge in [-0.3, -0.25) is 14.6 Å². The molecule has 0 aliphatic heterocycles. The molecular weight excluding hydrogens is 326 g/mol. The quantitative estimate of drug-likeness (QED) is 0.835. The first-order valence-electron chi connectivity index (χ1n) is 8.58. The van der Waals surface area contributed by atoms with Gasteiger partial charge in [-0.25, -0.2) is 8.42 Å². The second-order valence-corrected chi connectivity index (χ2v) is 9.80. The lowest BCUT2D eigenvalue weighted by Crippen LogP contribution is -2.51. The highest BCUT2D eigenvalue weighted by atomic mass is 32.2. The molecule has 4 fully saturated rings. The van der Waals surface area contributed by atoms with E-state index in [0.717, 1.165) is 19.3 Å². The number of hydrogen-bond acceptors (Lipinski definition) is 5. The van der Waals surface area contributed by atoms with E-state index in [1.54, 1.807) is 0 Å². The van der Waals surface area contributed by atoms with Gasteiger partial charge in [-0.2, -0.15) is 0 Å². The molecule has 5 rings (SSSR count). The summed E-state index contributed by atoms with van der Waals surface area (Å²) in [4.78, 5) is 28.9. The molecule has 4 aliphatic rings. The third kappa shape index (κ3) is 2.61. The molecule has 4 saturated carbocycles. The zero-order valence-electron chi connectivity index (χ0n) is 13.5. The summed E-state index contributed by atoms with van der Waals surface area (Å²) in [6, 6.07) is 2.94. The van der Waals surface area contributed by atoms with Crippen molar-refractivity contribution in [3.05, 3.63) is 30.1 Å². The zero-order chi connectivity index (χ0) is 16.9. The van der Waals surface area contributed by atoms with Gasteiger partial charge in [0.25, 0.3) is 5.12 Å². The van der Waals surface area contributed by atoms with Crippen LogP contribution in [0, 0.1) is 23.2 Å². The third-order valence-corrected chi connectivity index (χ3v) is 7.57. The van der Waals surface area contributed by atoms with E-state index in [1.807, 2.05) is 0 Å². The average molecular weight is 347 g/mol. The summed E-state index contributed by atoms with van der Waals surface area (Å²) in [6.45, 7) is 0. The molecule has 1 heterocycles. The van der Waals surface area contributed by atoms with Gasteiger partial charge in [-0.15, -0.1) is 0 Å². The van der Waals surface area contributed by atoms with Crippen LogP contribution in [0.2, 0.25) is 0 Å².